The van der Waals surface area contributed by atoms with Gasteiger partial charge in [-0.05, 0) is 41.5 Å². The lowest BCUT2D eigenvalue weighted by atomic mass is 9.85. The number of nitrogens with zero attached hydrogens (tertiary/aromatic N) is 2. The van der Waals surface area contributed by atoms with Crippen LogP contribution in [0.15, 0.2) is 82.0 Å². The molecule has 0 atom stereocenters. The van der Waals surface area contributed by atoms with Crippen LogP contribution in [-0.4, -0.2) is 113 Å². The van der Waals surface area contributed by atoms with Crippen LogP contribution in [0.1, 0.15) is 21.5 Å². The average molecular weight is 678 g/mol. The Balaban J connectivity index is 2.05. The van der Waals surface area contributed by atoms with E-state index >= 15 is 0 Å². The van der Waals surface area contributed by atoms with E-state index in [-0.39, 0.29) is 38.8 Å². The largest absolute Gasteiger partial charge is 0.478 e. The first-order valence-corrected chi connectivity index (χ1v) is 16.2. The van der Waals surface area contributed by atoms with E-state index in [1.54, 1.807) is 82.4 Å². The van der Waals surface area contributed by atoms with Gasteiger partial charge < -0.3 is 34.1 Å². The molecule has 12 heteroatoms. The van der Waals surface area contributed by atoms with Crippen molar-refractivity contribution in [3.63, 3.8) is 0 Å². The number of anilines is 1. The number of fused-ring (bicyclic) bond motifs is 1. The lowest BCUT2D eigenvalue weighted by Gasteiger charge is -2.26. The van der Waals surface area contributed by atoms with Crippen molar-refractivity contribution in [1.29, 1.82) is 0 Å². The highest BCUT2D eigenvalue weighted by Gasteiger charge is 2.29. The van der Waals surface area contributed by atoms with E-state index in [1.165, 1.54) is 11.3 Å². The summed E-state index contributed by atoms with van der Waals surface area (Å²) in [6.07, 6.45) is 4.96. The average Bonchev–Trinajstić information content (AvgIpc) is 3.09. The number of aromatic carboxylic acids is 1. The fraction of sp³-hybridized carbons (Fsp3) is 0.333. The number of carbonyl (C=O) groups is 2. The van der Waals surface area contributed by atoms with Gasteiger partial charge in [0.2, 0.25) is 5.71 Å². The fourth-order valence-corrected chi connectivity index (χ4v) is 6.39. The summed E-state index contributed by atoms with van der Waals surface area (Å²) >= 11 is 1.33. The van der Waals surface area contributed by atoms with Gasteiger partial charge in [-0.3, -0.25) is 4.79 Å². The summed E-state index contributed by atoms with van der Waals surface area (Å²) in [5, 5.41) is 23.3. The number of carboxylic acid groups (broad SMARTS) is 2. The molecule has 0 saturated heterocycles. The molecule has 0 unspecified atom stereocenters. The molecule has 2 aromatic carbocycles. The van der Waals surface area contributed by atoms with Gasteiger partial charge in [0.05, 0.1) is 24.4 Å². The summed E-state index contributed by atoms with van der Waals surface area (Å²) in [6, 6.07) is 12.1. The van der Waals surface area contributed by atoms with Gasteiger partial charge in [0, 0.05) is 86.0 Å². The van der Waals surface area contributed by atoms with Gasteiger partial charge in [0.1, 0.15) is 13.2 Å². The molecule has 0 aliphatic heterocycles. The Bertz CT molecular complexity index is 1810. The van der Waals surface area contributed by atoms with Crippen molar-refractivity contribution >= 4 is 50.3 Å². The Morgan fingerprint density at radius 2 is 1.44 bits per heavy atom. The van der Waals surface area contributed by atoms with E-state index in [9.17, 15) is 24.6 Å². The number of allylic oxidation sites excluding steroid dienone is 3. The molecule has 48 heavy (non-hydrogen) atoms. The summed E-state index contributed by atoms with van der Waals surface area (Å²) < 4.78 is 23.8. The summed E-state index contributed by atoms with van der Waals surface area (Å²) in [7, 11) is 6.36. The summed E-state index contributed by atoms with van der Waals surface area (Å²) in [4.78, 5) is 42.0. The van der Waals surface area contributed by atoms with Crippen molar-refractivity contribution in [1.82, 2.24) is 0 Å². The van der Waals surface area contributed by atoms with Crippen LogP contribution in [0.2, 0.25) is 0 Å². The molecule has 11 nitrogen and oxygen atoms in total. The zero-order valence-electron chi connectivity index (χ0n) is 27.6. The quantitative estimate of drug-likeness (QED) is 0.200. The maximum Gasteiger partial charge on any atom is 0.336 e. The minimum atomic E-state index is -1.22. The SMILES string of the molecule is COCCN(CCOC)c1ccc(/C(=C2\C=CC(=[N+](CCOC)CCOC)C=C2C(=O)O)c2csc3ccccc3c2=O)c(C(=O)O)c1. The van der Waals surface area contributed by atoms with Crippen molar-refractivity contribution < 1.29 is 43.3 Å². The number of ether oxygens (including phenoxy) is 4. The van der Waals surface area contributed by atoms with Crippen LogP contribution in [0.5, 0.6) is 0 Å². The first-order valence-electron chi connectivity index (χ1n) is 15.3. The van der Waals surface area contributed by atoms with Crippen molar-refractivity contribution in [2.24, 2.45) is 0 Å². The molecular formula is C36H41N2O9S+. The molecule has 0 saturated carbocycles. The predicted molar refractivity (Wildman–Crippen MR) is 187 cm³/mol. The van der Waals surface area contributed by atoms with Crippen LogP contribution in [0, 0.1) is 0 Å². The second kappa shape index (κ2) is 17.6. The third-order valence-electron chi connectivity index (χ3n) is 7.95. The smallest absolute Gasteiger partial charge is 0.336 e. The molecule has 0 radical (unpaired) electrons. The molecule has 4 rings (SSSR count). The zero-order chi connectivity index (χ0) is 34.6. The molecule has 3 aromatic rings. The number of benzene rings is 2. The highest BCUT2D eigenvalue weighted by atomic mass is 32.1. The topological polar surface area (TPSA) is 135 Å². The van der Waals surface area contributed by atoms with Crippen LogP contribution in [-0.2, 0) is 23.7 Å². The molecular weight excluding hydrogens is 636 g/mol. The van der Waals surface area contributed by atoms with E-state index in [1.807, 2.05) is 21.6 Å². The molecule has 1 aliphatic rings. The first-order chi connectivity index (χ1) is 23.2. The first kappa shape index (κ1) is 36.4. The number of carboxylic acids is 2. The van der Waals surface area contributed by atoms with E-state index in [2.05, 4.69) is 0 Å². The van der Waals surface area contributed by atoms with E-state index in [0.717, 1.165) is 4.70 Å². The van der Waals surface area contributed by atoms with Crippen LogP contribution in [0.3, 0.4) is 0 Å². The Hall–Kier alpha value is -4.46. The molecule has 1 heterocycles. The van der Waals surface area contributed by atoms with E-state index in [0.29, 0.717) is 69.4 Å². The summed E-state index contributed by atoms with van der Waals surface area (Å²) in [5.41, 5.74) is 1.60. The Kier molecular flexibility index (Phi) is 13.4. The van der Waals surface area contributed by atoms with Crippen LogP contribution >= 0.6 is 11.3 Å². The molecule has 2 N–H and O–H groups in total. The monoisotopic (exact) mass is 677 g/mol. The summed E-state index contributed by atoms with van der Waals surface area (Å²) in [5.74, 6) is -2.45. The molecule has 0 fully saturated rings. The zero-order valence-corrected chi connectivity index (χ0v) is 28.4. The van der Waals surface area contributed by atoms with Crippen molar-refractivity contribution in [2.75, 3.05) is 85.9 Å². The molecule has 1 aliphatic carbocycles. The van der Waals surface area contributed by atoms with Gasteiger partial charge in [0.15, 0.2) is 18.5 Å². The third kappa shape index (κ3) is 8.52. The lowest BCUT2D eigenvalue weighted by Crippen LogP contribution is -2.31. The van der Waals surface area contributed by atoms with Gasteiger partial charge in [0.25, 0.3) is 0 Å². The van der Waals surface area contributed by atoms with Crippen molar-refractivity contribution in [3.05, 3.63) is 104 Å². The Morgan fingerprint density at radius 1 is 0.792 bits per heavy atom. The number of hydrogen-bond acceptors (Lipinski definition) is 9. The minimum Gasteiger partial charge on any atom is -0.478 e. The van der Waals surface area contributed by atoms with Crippen molar-refractivity contribution in [2.45, 2.75) is 0 Å². The summed E-state index contributed by atoms with van der Waals surface area (Å²) in [6.45, 7) is 3.57. The molecule has 1 aromatic heterocycles. The van der Waals surface area contributed by atoms with Gasteiger partial charge in [-0.1, -0.05) is 18.2 Å². The Morgan fingerprint density at radius 3 is 2.04 bits per heavy atom. The van der Waals surface area contributed by atoms with Crippen molar-refractivity contribution in [3.8, 4) is 0 Å². The number of hydrogen-bond donors (Lipinski definition) is 2. The lowest BCUT2D eigenvalue weighted by molar-refractivity contribution is -0.531. The normalized spacial score (nSPS) is 13.8. The van der Waals surface area contributed by atoms with Crippen LogP contribution in [0.25, 0.3) is 15.7 Å². The third-order valence-corrected chi connectivity index (χ3v) is 8.91. The van der Waals surface area contributed by atoms with Gasteiger partial charge >= 0.3 is 11.9 Å². The highest BCUT2D eigenvalue weighted by molar-refractivity contribution is 7.16. The minimum absolute atomic E-state index is 0.0814. The van der Waals surface area contributed by atoms with Gasteiger partial charge in [-0.25, -0.2) is 14.2 Å². The second-order valence-electron chi connectivity index (χ2n) is 10.9. The maximum atomic E-state index is 14.1. The van der Waals surface area contributed by atoms with Gasteiger partial charge in [-0.15, -0.1) is 11.3 Å². The highest BCUT2D eigenvalue weighted by Crippen LogP contribution is 2.36. The van der Waals surface area contributed by atoms with E-state index in [4.69, 9.17) is 18.9 Å². The standard InChI is InChI=1S/C36H40N2O9S/c1-44-17-13-37(14-18-45-2)24-9-11-26(29(21-24)35(40)41)33(31-23-48-32-8-6-5-7-28(32)34(31)39)27-12-10-25(22-30(27)36(42)43)38(15-19-46-3)16-20-47-4/h5-12,21-23H,13-20H2,1-4H3,(H-,40,41,42,43)/p+1. The van der Waals surface area contributed by atoms with Crippen LogP contribution in [0.4, 0.5) is 5.69 Å². The molecule has 0 bridgehead atoms. The van der Waals surface area contributed by atoms with Gasteiger partial charge in [-0.2, -0.15) is 0 Å². The van der Waals surface area contributed by atoms with Crippen LogP contribution < -0.4 is 10.3 Å². The molecule has 0 spiro atoms. The number of rotatable bonds is 17. The maximum absolute atomic E-state index is 14.1. The predicted octanol–water partition coefficient (Wildman–Crippen LogP) is 4.19. The number of methoxy groups -OCH3 is 4. The number of aliphatic carboxylic acids is 1. The molecule has 0 amide bonds. The second-order valence-corrected chi connectivity index (χ2v) is 11.8. The fourth-order valence-electron chi connectivity index (χ4n) is 5.48. The molecule has 254 valence electrons. The Labute approximate surface area is 283 Å². The van der Waals surface area contributed by atoms with E-state index < -0.39 is 11.9 Å².